The lowest BCUT2D eigenvalue weighted by Crippen LogP contribution is -2.50. The molecule has 2 aromatic carbocycles. The molecule has 38 heavy (non-hydrogen) atoms. The minimum absolute atomic E-state index is 0.0394. The van der Waals surface area contributed by atoms with Gasteiger partial charge in [0.1, 0.15) is 0 Å². The van der Waals surface area contributed by atoms with Crippen molar-refractivity contribution < 1.29 is 9.59 Å². The molecule has 6 heteroatoms. The number of carbonyl (C=O) groups is 2. The van der Waals surface area contributed by atoms with Crippen LogP contribution in [-0.2, 0) is 11.3 Å². The van der Waals surface area contributed by atoms with Crippen molar-refractivity contribution in [1.82, 2.24) is 15.5 Å². The standard InChI is InChI=1S/C32H46N4O2/c1-21-16-22(2)34-32(38)29(21)19-33-31(37)28-17-26(25-14-12-24(13-15-25)20-35(4)5)18-30(23(28)3)36(6)27-10-8-7-9-11-27/h12-15,17-18,21-22,27,29H,7-11,16,19-20H2,1-6H3,(H,33,37)(H,34,38). The van der Waals surface area contributed by atoms with Crippen LogP contribution in [0.5, 0.6) is 0 Å². The average Bonchev–Trinajstić information content (AvgIpc) is 2.88. The van der Waals surface area contributed by atoms with E-state index in [-0.39, 0.29) is 29.7 Å². The molecule has 1 saturated carbocycles. The highest BCUT2D eigenvalue weighted by Gasteiger charge is 2.32. The van der Waals surface area contributed by atoms with Gasteiger partial charge in [-0.05, 0) is 87.5 Å². The normalized spacial score (nSPS) is 22.3. The second-order valence-electron chi connectivity index (χ2n) is 11.9. The maximum Gasteiger partial charge on any atom is 0.251 e. The Kier molecular flexibility index (Phi) is 9.14. The lowest BCUT2D eigenvalue weighted by atomic mass is 9.84. The molecule has 206 valence electrons. The third kappa shape index (κ3) is 6.58. The van der Waals surface area contributed by atoms with Gasteiger partial charge in [0.25, 0.3) is 5.91 Å². The number of carbonyl (C=O) groups excluding carboxylic acids is 2. The van der Waals surface area contributed by atoms with E-state index in [1.807, 2.05) is 13.0 Å². The summed E-state index contributed by atoms with van der Waals surface area (Å²) in [5.74, 6) is -0.0320. The largest absolute Gasteiger partial charge is 0.371 e. The topological polar surface area (TPSA) is 64.7 Å². The zero-order valence-electron chi connectivity index (χ0n) is 24.1. The van der Waals surface area contributed by atoms with E-state index in [0.717, 1.165) is 35.3 Å². The van der Waals surface area contributed by atoms with E-state index in [0.29, 0.717) is 18.2 Å². The van der Waals surface area contributed by atoms with Gasteiger partial charge in [-0.3, -0.25) is 9.59 Å². The van der Waals surface area contributed by atoms with Crippen LogP contribution in [0.4, 0.5) is 5.69 Å². The van der Waals surface area contributed by atoms with Crippen LogP contribution in [-0.4, -0.2) is 56.5 Å². The summed E-state index contributed by atoms with van der Waals surface area (Å²) in [6.45, 7) is 7.45. The maximum absolute atomic E-state index is 13.6. The lowest BCUT2D eigenvalue weighted by molar-refractivity contribution is -0.129. The van der Waals surface area contributed by atoms with Gasteiger partial charge in [-0.1, -0.05) is 50.5 Å². The number of hydrogen-bond acceptors (Lipinski definition) is 4. The van der Waals surface area contributed by atoms with Gasteiger partial charge in [0.2, 0.25) is 5.91 Å². The first-order valence-corrected chi connectivity index (χ1v) is 14.3. The molecule has 3 atom stereocenters. The number of anilines is 1. The number of benzene rings is 2. The van der Waals surface area contributed by atoms with Crippen molar-refractivity contribution in [2.75, 3.05) is 32.6 Å². The molecule has 2 aromatic rings. The summed E-state index contributed by atoms with van der Waals surface area (Å²) in [4.78, 5) is 30.8. The monoisotopic (exact) mass is 518 g/mol. The van der Waals surface area contributed by atoms with Crippen molar-refractivity contribution in [3.8, 4) is 11.1 Å². The van der Waals surface area contributed by atoms with E-state index in [1.165, 1.54) is 37.7 Å². The predicted molar refractivity (Wildman–Crippen MR) is 156 cm³/mol. The lowest BCUT2D eigenvalue weighted by Gasteiger charge is -2.35. The van der Waals surface area contributed by atoms with Crippen molar-refractivity contribution >= 4 is 17.5 Å². The van der Waals surface area contributed by atoms with E-state index in [2.05, 4.69) is 85.8 Å². The third-order valence-corrected chi connectivity index (χ3v) is 8.53. The van der Waals surface area contributed by atoms with E-state index in [4.69, 9.17) is 0 Å². The highest BCUT2D eigenvalue weighted by molar-refractivity contribution is 5.99. The molecule has 1 aliphatic heterocycles. The summed E-state index contributed by atoms with van der Waals surface area (Å²) in [6.07, 6.45) is 7.13. The molecule has 2 aliphatic rings. The van der Waals surface area contributed by atoms with Crippen LogP contribution >= 0.6 is 0 Å². The molecule has 0 radical (unpaired) electrons. The van der Waals surface area contributed by atoms with Gasteiger partial charge in [0.05, 0.1) is 5.92 Å². The van der Waals surface area contributed by atoms with Crippen molar-refractivity contribution in [3.63, 3.8) is 0 Å². The third-order valence-electron chi connectivity index (χ3n) is 8.53. The summed E-state index contributed by atoms with van der Waals surface area (Å²) in [7, 11) is 6.33. The van der Waals surface area contributed by atoms with E-state index >= 15 is 0 Å². The van der Waals surface area contributed by atoms with Crippen LogP contribution in [0, 0.1) is 18.8 Å². The fourth-order valence-corrected chi connectivity index (χ4v) is 6.28. The Morgan fingerprint density at radius 3 is 2.32 bits per heavy atom. The van der Waals surface area contributed by atoms with Crippen LogP contribution in [0.3, 0.4) is 0 Å². The van der Waals surface area contributed by atoms with E-state index < -0.39 is 0 Å². The summed E-state index contributed by atoms with van der Waals surface area (Å²) in [5, 5.41) is 6.16. The number of hydrogen-bond donors (Lipinski definition) is 2. The second-order valence-corrected chi connectivity index (χ2v) is 11.9. The van der Waals surface area contributed by atoms with Gasteiger partial charge in [-0.25, -0.2) is 0 Å². The molecular formula is C32H46N4O2. The molecule has 1 saturated heterocycles. The first-order chi connectivity index (χ1) is 18.1. The van der Waals surface area contributed by atoms with Crippen LogP contribution < -0.4 is 15.5 Å². The fourth-order valence-electron chi connectivity index (χ4n) is 6.28. The molecule has 0 aromatic heterocycles. The molecule has 0 spiro atoms. The number of amides is 2. The summed E-state index contributed by atoms with van der Waals surface area (Å²) >= 11 is 0. The molecule has 0 bridgehead atoms. The van der Waals surface area contributed by atoms with E-state index in [9.17, 15) is 9.59 Å². The van der Waals surface area contributed by atoms with Gasteiger partial charge in [0, 0.05) is 43.5 Å². The Bertz CT molecular complexity index is 1120. The first kappa shape index (κ1) is 28.2. The molecule has 4 rings (SSSR count). The van der Waals surface area contributed by atoms with E-state index in [1.54, 1.807) is 0 Å². The Morgan fingerprint density at radius 1 is 1.00 bits per heavy atom. The number of rotatable bonds is 8. The van der Waals surface area contributed by atoms with Crippen molar-refractivity contribution in [1.29, 1.82) is 0 Å². The minimum atomic E-state index is -0.202. The molecule has 2 N–H and O–H groups in total. The van der Waals surface area contributed by atoms with Crippen LogP contribution in [0.15, 0.2) is 36.4 Å². The zero-order chi connectivity index (χ0) is 27.4. The molecule has 2 fully saturated rings. The molecule has 1 aliphatic carbocycles. The number of piperidine rings is 1. The Morgan fingerprint density at radius 2 is 1.68 bits per heavy atom. The zero-order valence-corrected chi connectivity index (χ0v) is 24.1. The van der Waals surface area contributed by atoms with Gasteiger partial charge >= 0.3 is 0 Å². The van der Waals surface area contributed by atoms with Gasteiger partial charge in [-0.2, -0.15) is 0 Å². The molecule has 2 amide bonds. The first-order valence-electron chi connectivity index (χ1n) is 14.3. The highest BCUT2D eigenvalue weighted by atomic mass is 16.2. The summed E-state index contributed by atoms with van der Waals surface area (Å²) < 4.78 is 0. The second kappa shape index (κ2) is 12.3. The van der Waals surface area contributed by atoms with Crippen LogP contribution in [0.2, 0.25) is 0 Å². The molecule has 6 nitrogen and oxygen atoms in total. The van der Waals surface area contributed by atoms with Crippen molar-refractivity contribution in [2.24, 2.45) is 11.8 Å². The van der Waals surface area contributed by atoms with Crippen LogP contribution in [0.1, 0.15) is 73.9 Å². The molecule has 1 heterocycles. The van der Waals surface area contributed by atoms with Crippen molar-refractivity contribution in [2.45, 2.75) is 77.9 Å². The van der Waals surface area contributed by atoms with Crippen LogP contribution in [0.25, 0.3) is 11.1 Å². The quantitative estimate of drug-likeness (QED) is 0.492. The Hall–Kier alpha value is -2.86. The summed E-state index contributed by atoms with van der Waals surface area (Å²) in [5.41, 5.74) is 6.22. The maximum atomic E-state index is 13.6. The van der Waals surface area contributed by atoms with Gasteiger partial charge in [0.15, 0.2) is 0 Å². The van der Waals surface area contributed by atoms with Crippen molar-refractivity contribution in [3.05, 3.63) is 53.1 Å². The predicted octanol–water partition coefficient (Wildman–Crippen LogP) is 5.38. The van der Waals surface area contributed by atoms with Gasteiger partial charge < -0.3 is 20.4 Å². The smallest absolute Gasteiger partial charge is 0.251 e. The molecule has 3 unspecified atom stereocenters. The average molecular weight is 519 g/mol. The molecular weight excluding hydrogens is 472 g/mol. The van der Waals surface area contributed by atoms with Gasteiger partial charge in [-0.15, -0.1) is 0 Å². The SMILES string of the molecule is Cc1c(C(=O)NCC2C(=O)NC(C)CC2C)cc(-c2ccc(CN(C)C)cc2)cc1N(C)C1CCCCC1. The highest BCUT2D eigenvalue weighted by Crippen LogP contribution is 2.34. The Labute approximate surface area is 229 Å². The fraction of sp³-hybridized carbons (Fsp3) is 0.562. The minimum Gasteiger partial charge on any atom is -0.371 e. The number of nitrogens with zero attached hydrogens (tertiary/aromatic N) is 2. The number of nitrogens with one attached hydrogen (secondary N) is 2. The Balaban J connectivity index is 1.64. The summed E-state index contributed by atoms with van der Waals surface area (Å²) in [6, 6.07) is 13.6.